The number of para-hydroxylation sites is 1. The summed E-state index contributed by atoms with van der Waals surface area (Å²) in [6.45, 7) is 0. The topological polar surface area (TPSA) is 92.0 Å². The molecule has 4 fully saturated rings. The first-order valence-corrected chi connectivity index (χ1v) is 8.43. The normalized spacial score (nSPS) is 46.8. The van der Waals surface area contributed by atoms with Crippen molar-refractivity contribution in [1.82, 2.24) is 13.9 Å². The molecule has 1 amide bonds. The molecule has 0 saturated heterocycles. The van der Waals surface area contributed by atoms with Crippen LogP contribution in [0.2, 0.25) is 0 Å². The van der Waals surface area contributed by atoms with Gasteiger partial charge in [-0.15, -0.1) is 0 Å². The minimum absolute atomic E-state index is 0.0207. The summed E-state index contributed by atoms with van der Waals surface area (Å²) in [6.07, 6.45) is 0. The van der Waals surface area contributed by atoms with Gasteiger partial charge in [0.15, 0.2) is 0 Å². The molecule has 1 aromatic heterocycles. The zero-order chi connectivity index (χ0) is 16.1. The average Bonchev–Trinajstić information content (AvgIpc) is 3.37. The van der Waals surface area contributed by atoms with Gasteiger partial charge in [0.25, 0.3) is 0 Å². The largest absolute Gasteiger partial charge is 0.369 e. The number of primary amides is 1. The van der Waals surface area contributed by atoms with Gasteiger partial charge in [-0.2, -0.15) is 0 Å². The highest BCUT2D eigenvalue weighted by Gasteiger charge is 2.99. The van der Waals surface area contributed by atoms with E-state index in [4.69, 9.17) is 5.73 Å². The van der Waals surface area contributed by atoms with Gasteiger partial charge < -0.3 is 5.73 Å². The SMILES string of the molecule is NC(=O)C12C3C4C5C4C1n1c(=O)n(-c4ccccc4)c(=O)n1C5C32. The Morgan fingerprint density at radius 2 is 1.67 bits per heavy atom. The molecule has 7 heteroatoms. The standard InChI is InChI=1S/C17H14N4O3/c18-14(22)17-10-7-8-9(7)13(17)21-16(24)19(6-4-2-1-3-5-6)15(23)20(21)12(8)11(10)17/h1-5,7-13H,(H2,18,22). The van der Waals surface area contributed by atoms with E-state index in [0.717, 1.165) is 0 Å². The van der Waals surface area contributed by atoms with Gasteiger partial charge in [0.1, 0.15) is 0 Å². The van der Waals surface area contributed by atoms with Crippen LogP contribution < -0.4 is 17.1 Å². The Kier molecular flexibility index (Phi) is 1.50. The lowest BCUT2D eigenvalue weighted by molar-refractivity contribution is -0.129. The lowest BCUT2D eigenvalue weighted by atomic mass is 9.78. The number of benzene rings is 1. The van der Waals surface area contributed by atoms with Crippen molar-refractivity contribution in [3.05, 3.63) is 51.3 Å². The monoisotopic (exact) mass is 322 g/mol. The molecular formula is C17H14N4O3. The highest BCUT2D eigenvalue weighted by molar-refractivity contribution is 5.89. The summed E-state index contributed by atoms with van der Waals surface area (Å²) in [5.74, 6) is 1.52. The van der Waals surface area contributed by atoms with Crippen LogP contribution in [0.4, 0.5) is 0 Å². The fourth-order valence-corrected chi connectivity index (χ4v) is 7.16. The lowest BCUT2D eigenvalue weighted by Crippen LogP contribution is -2.52. The van der Waals surface area contributed by atoms with E-state index in [9.17, 15) is 14.4 Å². The molecule has 0 spiro atoms. The number of rotatable bonds is 2. The van der Waals surface area contributed by atoms with Gasteiger partial charge in [0, 0.05) is 5.92 Å². The molecule has 0 radical (unpaired) electrons. The number of nitrogens with zero attached hydrogens (tertiary/aromatic N) is 3. The van der Waals surface area contributed by atoms with Gasteiger partial charge in [0.2, 0.25) is 5.91 Å². The molecule has 3 heterocycles. The zero-order valence-corrected chi connectivity index (χ0v) is 12.6. The first kappa shape index (κ1) is 11.9. The summed E-state index contributed by atoms with van der Waals surface area (Å²) in [5, 5.41) is 0. The van der Waals surface area contributed by atoms with Gasteiger partial charge in [-0.3, -0.25) is 4.79 Å². The molecule has 24 heavy (non-hydrogen) atoms. The van der Waals surface area contributed by atoms with Crippen molar-refractivity contribution < 1.29 is 4.79 Å². The number of carbonyl (C=O) groups is 1. The van der Waals surface area contributed by atoms with Gasteiger partial charge in [0.05, 0.1) is 23.2 Å². The first-order chi connectivity index (χ1) is 11.6. The molecule has 2 N–H and O–H groups in total. The van der Waals surface area contributed by atoms with Crippen molar-refractivity contribution in [2.45, 2.75) is 12.1 Å². The van der Waals surface area contributed by atoms with Crippen molar-refractivity contribution in [1.29, 1.82) is 0 Å². The molecule has 1 aromatic carbocycles. The Morgan fingerprint density at radius 1 is 0.958 bits per heavy atom. The minimum Gasteiger partial charge on any atom is -0.369 e. The van der Waals surface area contributed by atoms with Crippen LogP contribution in [0, 0.1) is 35.0 Å². The summed E-state index contributed by atoms with van der Waals surface area (Å²) < 4.78 is 4.47. The lowest BCUT2D eigenvalue weighted by Gasteiger charge is -2.41. The molecule has 120 valence electrons. The molecule has 8 unspecified atom stereocenters. The Morgan fingerprint density at radius 3 is 2.38 bits per heavy atom. The maximum Gasteiger partial charge on any atom is 0.352 e. The molecule has 2 aromatic rings. The molecule has 4 aliphatic carbocycles. The van der Waals surface area contributed by atoms with Gasteiger partial charge in [-0.25, -0.2) is 23.5 Å². The average molecular weight is 322 g/mol. The van der Waals surface area contributed by atoms with Gasteiger partial charge in [-0.1, -0.05) is 18.2 Å². The molecule has 4 saturated carbocycles. The summed E-state index contributed by atoms with van der Waals surface area (Å²) in [7, 11) is 0. The van der Waals surface area contributed by atoms with Crippen LogP contribution >= 0.6 is 0 Å². The summed E-state index contributed by atoms with van der Waals surface area (Å²) >= 11 is 0. The molecule has 7 nitrogen and oxygen atoms in total. The van der Waals surface area contributed by atoms with Crippen LogP contribution in [-0.4, -0.2) is 19.8 Å². The van der Waals surface area contributed by atoms with Crippen LogP contribution in [0.1, 0.15) is 12.1 Å². The fourth-order valence-electron chi connectivity index (χ4n) is 7.16. The highest BCUT2D eigenvalue weighted by atomic mass is 16.2. The second-order valence-electron chi connectivity index (χ2n) is 7.94. The molecular weight excluding hydrogens is 308 g/mol. The quantitative estimate of drug-likeness (QED) is 0.808. The summed E-state index contributed by atoms with van der Waals surface area (Å²) in [6, 6.07) is 8.74. The van der Waals surface area contributed by atoms with Crippen LogP contribution in [0.25, 0.3) is 5.69 Å². The van der Waals surface area contributed by atoms with E-state index in [-0.39, 0.29) is 35.3 Å². The number of carbonyl (C=O) groups excluding carboxylic acids is 1. The predicted molar refractivity (Wildman–Crippen MR) is 81.4 cm³/mol. The zero-order valence-electron chi connectivity index (χ0n) is 12.6. The van der Waals surface area contributed by atoms with Crippen molar-refractivity contribution in [3.8, 4) is 5.69 Å². The van der Waals surface area contributed by atoms with Crippen LogP contribution in [0.3, 0.4) is 0 Å². The van der Waals surface area contributed by atoms with Crippen molar-refractivity contribution >= 4 is 5.91 Å². The summed E-state index contributed by atoms with van der Waals surface area (Å²) in [5.41, 5.74) is 5.17. The fraction of sp³-hybridized carbons (Fsp3) is 0.471. The Labute approximate surface area is 135 Å². The van der Waals surface area contributed by atoms with Crippen molar-refractivity contribution in [3.63, 3.8) is 0 Å². The molecule has 8 rings (SSSR count). The predicted octanol–water partition coefficient (Wildman–Crippen LogP) is -0.496. The third kappa shape index (κ3) is 0.825. The Bertz CT molecular complexity index is 1100. The number of hydrogen-bond donors (Lipinski definition) is 1. The third-order valence-corrected chi connectivity index (χ3v) is 7.60. The number of nitrogens with two attached hydrogens (primary N) is 1. The molecule has 2 bridgehead atoms. The maximum absolute atomic E-state index is 13.1. The Hall–Kier alpha value is -2.57. The van der Waals surface area contributed by atoms with Crippen LogP contribution in [0.15, 0.2) is 39.9 Å². The van der Waals surface area contributed by atoms with Crippen LogP contribution in [-0.2, 0) is 4.79 Å². The van der Waals surface area contributed by atoms with Crippen LogP contribution in [0.5, 0.6) is 0 Å². The smallest absolute Gasteiger partial charge is 0.352 e. The van der Waals surface area contributed by atoms with E-state index < -0.39 is 5.41 Å². The van der Waals surface area contributed by atoms with Gasteiger partial charge >= 0.3 is 11.4 Å². The van der Waals surface area contributed by atoms with E-state index in [0.29, 0.717) is 29.4 Å². The Balaban J connectivity index is 1.56. The first-order valence-electron chi connectivity index (χ1n) is 8.43. The molecule has 2 aliphatic heterocycles. The second kappa shape index (κ2) is 3.03. The van der Waals surface area contributed by atoms with E-state index in [1.54, 1.807) is 33.6 Å². The van der Waals surface area contributed by atoms with Crippen molar-refractivity contribution in [2.24, 2.45) is 40.7 Å². The van der Waals surface area contributed by atoms with E-state index in [2.05, 4.69) is 0 Å². The highest BCUT2D eigenvalue weighted by Crippen LogP contribution is 2.96. The minimum atomic E-state index is -0.562. The van der Waals surface area contributed by atoms with E-state index >= 15 is 0 Å². The molecule has 8 atom stereocenters. The number of hydrogen-bond acceptors (Lipinski definition) is 3. The van der Waals surface area contributed by atoms with E-state index in [1.165, 1.54) is 4.57 Å². The number of aromatic nitrogens is 3. The summed E-state index contributed by atoms with van der Waals surface area (Å²) in [4.78, 5) is 38.4. The maximum atomic E-state index is 13.1. The van der Waals surface area contributed by atoms with Gasteiger partial charge in [-0.05, 0) is 35.8 Å². The van der Waals surface area contributed by atoms with E-state index in [1.807, 2.05) is 6.07 Å². The number of amides is 1. The molecule has 6 aliphatic rings. The van der Waals surface area contributed by atoms with Crippen molar-refractivity contribution in [2.75, 3.05) is 0 Å². The third-order valence-electron chi connectivity index (χ3n) is 7.60. The second-order valence-corrected chi connectivity index (χ2v) is 7.94.